The number of carbonyl (C=O) groups is 1. The summed E-state index contributed by atoms with van der Waals surface area (Å²) in [5, 5.41) is 23.9. The lowest BCUT2D eigenvalue weighted by atomic mass is 10.2. The molecule has 0 saturated heterocycles. The van der Waals surface area contributed by atoms with Gasteiger partial charge in [-0.3, -0.25) is 10.2 Å². The summed E-state index contributed by atoms with van der Waals surface area (Å²) in [6.07, 6.45) is -4.13. The van der Waals surface area contributed by atoms with Crippen LogP contribution in [-0.4, -0.2) is 54.4 Å². The van der Waals surface area contributed by atoms with Crippen molar-refractivity contribution in [2.75, 3.05) is 12.8 Å². The smallest absolute Gasteiger partial charge is 0.434 e. The quantitative estimate of drug-likeness (QED) is 0.542. The van der Waals surface area contributed by atoms with Crippen molar-refractivity contribution >= 4 is 38.8 Å². The zero-order valence-electron chi connectivity index (χ0n) is 14.4. The molecule has 1 aromatic heterocycles. The van der Waals surface area contributed by atoms with Crippen molar-refractivity contribution in [1.29, 1.82) is 5.41 Å². The molecule has 0 saturated carbocycles. The van der Waals surface area contributed by atoms with Gasteiger partial charge >= 0.3 is 12.1 Å². The molecule has 9 nitrogen and oxygen atoms in total. The topological polar surface area (TPSA) is 146 Å². The summed E-state index contributed by atoms with van der Waals surface area (Å²) < 4.78 is 66.9. The van der Waals surface area contributed by atoms with Crippen molar-refractivity contribution in [2.45, 2.75) is 11.1 Å². The molecule has 0 aliphatic rings. The monoisotopic (exact) mass is 452 g/mol. The van der Waals surface area contributed by atoms with Crippen LogP contribution in [0.4, 0.5) is 13.2 Å². The molecule has 1 heterocycles. The third kappa shape index (κ3) is 5.54. The fourth-order valence-corrected chi connectivity index (χ4v) is 2.88. The summed E-state index contributed by atoms with van der Waals surface area (Å²) in [4.78, 5) is 10.7. The highest BCUT2D eigenvalue weighted by Gasteiger charge is 2.38. The number of nitrogens with one attached hydrogen (secondary N) is 2. The maximum absolute atomic E-state index is 12.8. The highest BCUT2D eigenvalue weighted by Crippen LogP contribution is 2.29. The Bertz CT molecular complexity index is 1100. The van der Waals surface area contributed by atoms with E-state index in [1.807, 2.05) is 0 Å². The Morgan fingerprint density at radius 3 is 2.55 bits per heavy atom. The number of aliphatic carboxylic acids is 1. The predicted molar refractivity (Wildman–Crippen MR) is 95.0 cm³/mol. The van der Waals surface area contributed by atoms with Crippen LogP contribution < -0.4 is 5.32 Å². The molecule has 0 spiro atoms. The first-order chi connectivity index (χ1) is 13.3. The number of halogens is 4. The van der Waals surface area contributed by atoms with Crippen LogP contribution in [0.25, 0.3) is 17.2 Å². The third-order valence-corrected chi connectivity index (χ3v) is 4.78. The average molecular weight is 453 g/mol. The maximum Gasteiger partial charge on any atom is 0.434 e. The number of hydrogen-bond acceptors (Lipinski definition) is 8. The Morgan fingerprint density at radius 2 is 2.00 bits per heavy atom. The van der Waals surface area contributed by atoms with Crippen molar-refractivity contribution in [3.63, 3.8) is 0 Å². The van der Waals surface area contributed by atoms with Gasteiger partial charge in [0.2, 0.25) is 5.89 Å². The molecule has 156 valence electrons. The number of allylic oxidation sites excluding steroid dienone is 1. The summed E-state index contributed by atoms with van der Waals surface area (Å²) in [6.45, 7) is -0.849. The Kier molecular flexibility index (Phi) is 6.33. The van der Waals surface area contributed by atoms with Gasteiger partial charge in [0.1, 0.15) is 12.2 Å². The highest BCUT2D eigenvalue weighted by atomic mass is 35.5. The molecule has 0 amide bonds. The number of alkyl halides is 3. The van der Waals surface area contributed by atoms with Gasteiger partial charge in [-0.2, -0.15) is 13.2 Å². The lowest BCUT2D eigenvalue weighted by molar-refractivity contribution is -0.135. The van der Waals surface area contributed by atoms with E-state index in [2.05, 4.69) is 15.5 Å². The first-order valence-corrected chi connectivity index (χ1v) is 9.73. The van der Waals surface area contributed by atoms with E-state index in [9.17, 15) is 26.4 Å². The second kappa shape index (κ2) is 8.21. The van der Waals surface area contributed by atoms with Crippen LogP contribution in [-0.2, 0) is 14.6 Å². The SMILES string of the molecule is CS(=O)(=O)c1cccc(-c2nnc(/C(NCC(=O)O)=C(\Cl)C(=N)C(F)(F)F)o2)c1. The van der Waals surface area contributed by atoms with Crippen LogP contribution in [0.5, 0.6) is 0 Å². The minimum atomic E-state index is -5.11. The Balaban J connectivity index is 2.52. The fraction of sp³-hybridized carbons (Fsp3) is 0.200. The molecule has 0 aliphatic heterocycles. The normalized spacial score (nSPS) is 13.0. The summed E-state index contributed by atoms with van der Waals surface area (Å²) in [7, 11) is -3.55. The second-order valence-corrected chi connectivity index (χ2v) is 7.92. The van der Waals surface area contributed by atoms with E-state index in [1.54, 1.807) is 0 Å². The van der Waals surface area contributed by atoms with E-state index in [4.69, 9.17) is 26.5 Å². The lowest BCUT2D eigenvalue weighted by Gasteiger charge is -2.11. The van der Waals surface area contributed by atoms with Crippen LogP contribution in [0.1, 0.15) is 5.89 Å². The molecule has 0 aliphatic carbocycles. The first kappa shape index (κ1) is 22.4. The van der Waals surface area contributed by atoms with Crippen molar-refractivity contribution < 1.29 is 35.9 Å². The largest absolute Gasteiger partial charge is 0.480 e. The Hall–Kier alpha value is -2.93. The van der Waals surface area contributed by atoms with Gasteiger partial charge in [0.05, 0.1) is 9.93 Å². The van der Waals surface area contributed by atoms with Crippen LogP contribution in [0.15, 0.2) is 38.6 Å². The average Bonchev–Trinajstić information content (AvgIpc) is 3.09. The van der Waals surface area contributed by atoms with Crippen molar-refractivity contribution in [2.24, 2.45) is 0 Å². The maximum atomic E-state index is 12.8. The molecular weight excluding hydrogens is 441 g/mol. The van der Waals surface area contributed by atoms with Gasteiger partial charge in [0.25, 0.3) is 5.89 Å². The molecule has 1 aromatic carbocycles. The van der Waals surface area contributed by atoms with Gasteiger partial charge in [-0.15, -0.1) is 10.2 Å². The number of sulfone groups is 1. The highest BCUT2D eigenvalue weighted by molar-refractivity contribution is 7.90. The fourth-order valence-electron chi connectivity index (χ4n) is 1.96. The van der Waals surface area contributed by atoms with Gasteiger partial charge < -0.3 is 14.8 Å². The standard InChI is InChI=1S/C15H12ClF3N4O5S/c1-29(26,27)8-4-2-3-7(5-8)13-22-23-14(28-13)11(21-6-9(24)25)10(16)12(20)15(17,18)19/h2-5,20-21H,6H2,1H3,(H,24,25)/b11-10+,20-12?. The number of carboxylic acid groups (broad SMARTS) is 1. The van der Waals surface area contributed by atoms with Crippen LogP contribution in [0.2, 0.25) is 0 Å². The molecule has 29 heavy (non-hydrogen) atoms. The van der Waals surface area contributed by atoms with Crippen LogP contribution in [0, 0.1) is 5.41 Å². The Morgan fingerprint density at radius 1 is 1.34 bits per heavy atom. The summed E-state index contributed by atoms with van der Waals surface area (Å²) in [5.41, 5.74) is -2.52. The van der Waals surface area contributed by atoms with E-state index in [0.717, 1.165) is 6.26 Å². The third-order valence-electron chi connectivity index (χ3n) is 3.29. The minimum Gasteiger partial charge on any atom is -0.480 e. The molecule has 0 bridgehead atoms. The molecule has 14 heteroatoms. The van der Waals surface area contributed by atoms with Crippen LogP contribution in [0.3, 0.4) is 0 Å². The number of rotatable bonds is 7. The van der Waals surface area contributed by atoms with Crippen molar-refractivity contribution in [3.8, 4) is 11.5 Å². The van der Waals surface area contributed by atoms with Crippen LogP contribution >= 0.6 is 11.6 Å². The second-order valence-electron chi connectivity index (χ2n) is 5.52. The molecule has 0 radical (unpaired) electrons. The predicted octanol–water partition coefficient (Wildman–Crippen LogP) is 2.30. The van der Waals surface area contributed by atoms with E-state index in [0.29, 0.717) is 0 Å². The van der Waals surface area contributed by atoms with E-state index in [-0.39, 0.29) is 16.3 Å². The van der Waals surface area contributed by atoms with Gasteiger partial charge in [-0.05, 0) is 18.2 Å². The molecule has 0 atom stereocenters. The molecular formula is C15H12ClF3N4O5S. The zero-order valence-corrected chi connectivity index (χ0v) is 16.0. The molecule has 2 aromatic rings. The molecule has 2 rings (SSSR count). The number of benzene rings is 1. The van der Waals surface area contributed by atoms with Crippen molar-refractivity contribution in [1.82, 2.24) is 15.5 Å². The molecule has 0 fully saturated rings. The summed E-state index contributed by atoms with van der Waals surface area (Å²) >= 11 is 5.61. The zero-order chi connectivity index (χ0) is 22.0. The molecule has 0 unspecified atom stereocenters. The van der Waals surface area contributed by atoms with Gasteiger partial charge in [0.15, 0.2) is 15.5 Å². The van der Waals surface area contributed by atoms with Gasteiger partial charge in [-0.25, -0.2) is 8.42 Å². The van der Waals surface area contributed by atoms with Gasteiger partial charge in [0, 0.05) is 11.8 Å². The van der Waals surface area contributed by atoms with E-state index < -0.39 is 50.9 Å². The lowest BCUT2D eigenvalue weighted by Crippen LogP contribution is -2.27. The van der Waals surface area contributed by atoms with Crippen molar-refractivity contribution in [3.05, 3.63) is 35.2 Å². The van der Waals surface area contributed by atoms with E-state index >= 15 is 0 Å². The van der Waals surface area contributed by atoms with Gasteiger partial charge in [-0.1, -0.05) is 17.7 Å². The number of carboxylic acids is 1. The minimum absolute atomic E-state index is 0.0635. The molecule has 3 N–H and O–H groups in total. The Labute approximate surface area is 166 Å². The van der Waals surface area contributed by atoms with E-state index in [1.165, 1.54) is 24.3 Å². The number of aromatic nitrogens is 2. The summed E-state index contributed by atoms with van der Waals surface area (Å²) in [5.74, 6) is -2.31. The summed E-state index contributed by atoms with van der Waals surface area (Å²) in [6, 6.07) is 5.33. The number of hydrogen-bond donors (Lipinski definition) is 3. The first-order valence-electron chi connectivity index (χ1n) is 7.46. The number of nitrogens with zero attached hydrogens (tertiary/aromatic N) is 2.